The highest BCUT2D eigenvalue weighted by Gasteiger charge is 2.20. The van der Waals surface area contributed by atoms with Gasteiger partial charge in [-0.3, -0.25) is 0 Å². The van der Waals surface area contributed by atoms with E-state index in [0.717, 1.165) is 12.8 Å². The van der Waals surface area contributed by atoms with E-state index < -0.39 is 0 Å². The van der Waals surface area contributed by atoms with E-state index in [-0.39, 0.29) is 0 Å². The molecule has 0 heteroatoms. The first-order valence-electron chi connectivity index (χ1n) is 13.2. The Hall–Kier alpha value is -1.56. The SMILES string of the molecule is CC(C)c1cc(CCc2cc(C(C)C)cc(C(C)C)c2C(C)C)c(C(C)C)c(C(C)C)c1. The molecule has 32 heavy (non-hydrogen) atoms. The Labute approximate surface area is 200 Å². The standard InChI is InChI=1S/C32H50/c1-19(2)27-15-25(31(23(9)10)29(17-27)21(5)6)13-14-26-16-28(20(3)4)18-30(22(7)8)32(26)24(11)12/h15-24H,13-14H2,1-12H3. The molecule has 0 aliphatic carbocycles. The molecule has 2 rings (SSSR count). The number of rotatable bonds is 9. The van der Waals surface area contributed by atoms with Crippen molar-refractivity contribution in [3.8, 4) is 0 Å². The molecule has 0 nitrogen and oxygen atoms in total. The van der Waals surface area contributed by atoms with Gasteiger partial charge in [-0.05, 0) is 92.9 Å². The van der Waals surface area contributed by atoms with Crippen LogP contribution < -0.4 is 0 Å². The molecule has 0 unspecified atom stereocenters. The first-order chi connectivity index (χ1) is 14.8. The zero-order chi connectivity index (χ0) is 24.3. The Kier molecular flexibility index (Phi) is 9.21. The summed E-state index contributed by atoms with van der Waals surface area (Å²) < 4.78 is 0. The molecule has 0 atom stereocenters. The van der Waals surface area contributed by atoms with Gasteiger partial charge in [0, 0.05) is 0 Å². The van der Waals surface area contributed by atoms with Crippen LogP contribution >= 0.6 is 0 Å². The molecule has 0 aromatic heterocycles. The van der Waals surface area contributed by atoms with Gasteiger partial charge < -0.3 is 0 Å². The average Bonchev–Trinajstić information content (AvgIpc) is 2.69. The minimum atomic E-state index is 0.557. The van der Waals surface area contributed by atoms with E-state index in [9.17, 15) is 0 Å². The third-order valence-corrected chi connectivity index (χ3v) is 7.04. The second kappa shape index (κ2) is 11.0. The third-order valence-electron chi connectivity index (χ3n) is 7.04. The summed E-state index contributed by atoms with van der Waals surface area (Å²) >= 11 is 0. The zero-order valence-electron chi connectivity index (χ0n) is 23.2. The van der Waals surface area contributed by atoms with Gasteiger partial charge in [-0.15, -0.1) is 0 Å². The predicted octanol–water partition coefficient (Wildman–Crippen LogP) is 10.2. The molecule has 0 amide bonds. The van der Waals surface area contributed by atoms with E-state index in [4.69, 9.17) is 0 Å². The molecule has 2 aromatic rings. The van der Waals surface area contributed by atoms with Gasteiger partial charge in [0.15, 0.2) is 0 Å². The smallest absolute Gasteiger partial charge is 0.0213 e. The van der Waals surface area contributed by atoms with Crippen LogP contribution in [0.3, 0.4) is 0 Å². The van der Waals surface area contributed by atoms with Crippen LogP contribution in [0, 0.1) is 0 Å². The minimum absolute atomic E-state index is 0.557. The van der Waals surface area contributed by atoms with Crippen LogP contribution in [0.25, 0.3) is 0 Å². The van der Waals surface area contributed by atoms with Crippen LogP contribution in [0.2, 0.25) is 0 Å². The van der Waals surface area contributed by atoms with Crippen molar-refractivity contribution in [1.29, 1.82) is 0 Å². The molecule has 0 radical (unpaired) electrons. The fourth-order valence-corrected chi connectivity index (χ4v) is 5.24. The summed E-state index contributed by atoms with van der Waals surface area (Å²) in [7, 11) is 0. The maximum absolute atomic E-state index is 2.52. The summed E-state index contributed by atoms with van der Waals surface area (Å²) in [6.45, 7) is 28.2. The lowest BCUT2D eigenvalue weighted by atomic mass is 9.79. The van der Waals surface area contributed by atoms with E-state index in [1.54, 1.807) is 33.4 Å². The number of hydrogen-bond donors (Lipinski definition) is 0. The van der Waals surface area contributed by atoms with E-state index in [1.165, 1.54) is 11.1 Å². The van der Waals surface area contributed by atoms with E-state index in [0.29, 0.717) is 35.5 Å². The molecule has 0 saturated carbocycles. The molecule has 0 N–H and O–H groups in total. The van der Waals surface area contributed by atoms with Crippen molar-refractivity contribution in [3.63, 3.8) is 0 Å². The molecule has 0 bridgehead atoms. The van der Waals surface area contributed by atoms with Crippen molar-refractivity contribution >= 4 is 0 Å². The van der Waals surface area contributed by atoms with Gasteiger partial charge in [-0.25, -0.2) is 0 Å². The molecule has 0 spiro atoms. The van der Waals surface area contributed by atoms with Crippen molar-refractivity contribution in [3.05, 3.63) is 68.8 Å². The van der Waals surface area contributed by atoms with Crippen LogP contribution in [0.5, 0.6) is 0 Å². The Morgan fingerprint density at radius 1 is 0.406 bits per heavy atom. The Morgan fingerprint density at radius 2 is 0.719 bits per heavy atom. The monoisotopic (exact) mass is 434 g/mol. The van der Waals surface area contributed by atoms with E-state index in [1.807, 2.05) is 0 Å². The lowest BCUT2D eigenvalue weighted by molar-refractivity contribution is 0.741. The maximum atomic E-state index is 2.52. The summed E-state index contributed by atoms with van der Waals surface area (Å²) in [5.41, 5.74) is 12.5. The molecule has 0 aliphatic rings. The molecule has 0 heterocycles. The predicted molar refractivity (Wildman–Crippen MR) is 145 cm³/mol. The molecular weight excluding hydrogens is 384 g/mol. The van der Waals surface area contributed by atoms with Crippen molar-refractivity contribution in [2.24, 2.45) is 0 Å². The molecular formula is C32H50. The van der Waals surface area contributed by atoms with Crippen molar-refractivity contribution in [2.75, 3.05) is 0 Å². The summed E-state index contributed by atoms with van der Waals surface area (Å²) in [5, 5.41) is 0. The molecule has 178 valence electrons. The first kappa shape index (κ1) is 26.7. The largest absolute Gasteiger partial charge is 0.0587 e. The lowest BCUT2D eigenvalue weighted by Crippen LogP contribution is -2.10. The van der Waals surface area contributed by atoms with Crippen molar-refractivity contribution < 1.29 is 0 Å². The highest BCUT2D eigenvalue weighted by Crippen LogP contribution is 2.36. The molecule has 2 aromatic carbocycles. The molecule has 0 saturated heterocycles. The van der Waals surface area contributed by atoms with Crippen molar-refractivity contribution in [1.82, 2.24) is 0 Å². The fourth-order valence-electron chi connectivity index (χ4n) is 5.24. The van der Waals surface area contributed by atoms with Gasteiger partial charge in [-0.2, -0.15) is 0 Å². The third kappa shape index (κ3) is 6.06. The molecule has 0 aliphatic heterocycles. The quantitative estimate of drug-likeness (QED) is 0.368. The summed E-state index contributed by atoms with van der Waals surface area (Å²) in [5.74, 6) is 3.37. The van der Waals surface area contributed by atoms with Crippen LogP contribution in [0.1, 0.15) is 163 Å². The van der Waals surface area contributed by atoms with Gasteiger partial charge in [0.1, 0.15) is 0 Å². The van der Waals surface area contributed by atoms with Crippen LogP contribution in [0.15, 0.2) is 24.3 Å². The van der Waals surface area contributed by atoms with E-state index >= 15 is 0 Å². The molecule has 0 fully saturated rings. The van der Waals surface area contributed by atoms with E-state index in [2.05, 4.69) is 107 Å². The summed E-state index contributed by atoms with van der Waals surface area (Å²) in [6.07, 6.45) is 2.26. The van der Waals surface area contributed by atoms with Crippen LogP contribution in [-0.2, 0) is 12.8 Å². The van der Waals surface area contributed by atoms with Crippen LogP contribution in [-0.4, -0.2) is 0 Å². The maximum Gasteiger partial charge on any atom is -0.0213 e. The van der Waals surface area contributed by atoms with Gasteiger partial charge >= 0.3 is 0 Å². The highest BCUT2D eigenvalue weighted by atomic mass is 14.3. The second-order valence-electron chi connectivity index (χ2n) is 11.8. The summed E-state index contributed by atoms with van der Waals surface area (Å²) in [4.78, 5) is 0. The normalized spacial score (nSPS) is 12.4. The average molecular weight is 435 g/mol. The minimum Gasteiger partial charge on any atom is -0.0587 e. The highest BCUT2D eigenvalue weighted by molar-refractivity contribution is 5.47. The van der Waals surface area contributed by atoms with Crippen LogP contribution in [0.4, 0.5) is 0 Å². The van der Waals surface area contributed by atoms with Gasteiger partial charge in [0.05, 0.1) is 0 Å². The topological polar surface area (TPSA) is 0 Å². The lowest BCUT2D eigenvalue weighted by Gasteiger charge is -2.25. The number of aryl methyl sites for hydroxylation is 2. The van der Waals surface area contributed by atoms with Gasteiger partial charge in [-0.1, -0.05) is 107 Å². The Bertz CT molecular complexity index is 815. The van der Waals surface area contributed by atoms with Gasteiger partial charge in [0.25, 0.3) is 0 Å². The Morgan fingerprint density at radius 3 is 0.938 bits per heavy atom. The van der Waals surface area contributed by atoms with Crippen molar-refractivity contribution in [2.45, 2.75) is 131 Å². The number of benzene rings is 2. The fraction of sp³-hybridized carbons (Fsp3) is 0.625. The van der Waals surface area contributed by atoms with Gasteiger partial charge in [0.2, 0.25) is 0 Å². The Balaban J connectivity index is 2.62. The second-order valence-corrected chi connectivity index (χ2v) is 11.8. The first-order valence-corrected chi connectivity index (χ1v) is 13.2. The zero-order valence-corrected chi connectivity index (χ0v) is 23.2. The summed E-state index contributed by atoms with van der Waals surface area (Å²) in [6, 6.07) is 10.0. The number of hydrogen-bond acceptors (Lipinski definition) is 0.